The number of hydrogen-bond acceptors (Lipinski definition) is 2. The predicted molar refractivity (Wildman–Crippen MR) is 76.1 cm³/mol. The molecule has 0 spiro atoms. The standard InChI is InChI=1S/C14H10BrF3N2O/c1-8-12(3-2-6-19-8)20-13(21)10-7-9(14(16,17)18)4-5-11(10)15/h2-7H,1H3,(H,20,21). The molecule has 21 heavy (non-hydrogen) atoms. The number of rotatable bonds is 2. The molecule has 110 valence electrons. The Bertz CT molecular complexity index is 686. The van der Waals surface area contributed by atoms with Gasteiger partial charge in [0.05, 0.1) is 22.5 Å². The first-order valence-electron chi connectivity index (χ1n) is 5.89. The average Bonchev–Trinajstić information content (AvgIpc) is 2.40. The summed E-state index contributed by atoms with van der Waals surface area (Å²) in [7, 11) is 0. The zero-order chi connectivity index (χ0) is 15.6. The fourth-order valence-electron chi connectivity index (χ4n) is 1.68. The summed E-state index contributed by atoms with van der Waals surface area (Å²) < 4.78 is 38.4. The zero-order valence-corrected chi connectivity index (χ0v) is 12.4. The van der Waals surface area contributed by atoms with Gasteiger partial charge in [-0.1, -0.05) is 0 Å². The first-order chi connectivity index (χ1) is 9.79. The smallest absolute Gasteiger partial charge is 0.320 e. The number of pyridine rings is 1. The normalized spacial score (nSPS) is 11.3. The number of aryl methyl sites for hydroxylation is 1. The Hall–Kier alpha value is -1.89. The number of alkyl halides is 3. The second-order valence-corrected chi connectivity index (χ2v) is 5.14. The molecule has 3 nitrogen and oxygen atoms in total. The van der Waals surface area contributed by atoms with E-state index in [1.165, 1.54) is 6.07 Å². The highest BCUT2D eigenvalue weighted by Gasteiger charge is 2.31. The number of halogens is 4. The van der Waals surface area contributed by atoms with Gasteiger partial charge in [-0.05, 0) is 53.2 Å². The van der Waals surface area contributed by atoms with Crippen molar-refractivity contribution in [1.29, 1.82) is 0 Å². The number of anilines is 1. The highest BCUT2D eigenvalue weighted by molar-refractivity contribution is 9.10. The maximum atomic E-state index is 12.7. The largest absolute Gasteiger partial charge is 0.416 e. The second kappa shape index (κ2) is 5.85. The SMILES string of the molecule is Cc1ncccc1NC(=O)c1cc(C(F)(F)F)ccc1Br. The highest BCUT2D eigenvalue weighted by atomic mass is 79.9. The van der Waals surface area contributed by atoms with Crippen LogP contribution in [0, 0.1) is 6.92 Å². The van der Waals surface area contributed by atoms with Crippen LogP contribution < -0.4 is 5.32 Å². The van der Waals surface area contributed by atoms with Crippen molar-refractivity contribution in [3.63, 3.8) is 0 Å². The number of hydrogen-bond donors (Lipinski definition) is 1. The van der Waals surface area contributed by atoms with E-state index < -0.39 is 17.6 Å². The lowest BCUT2D eigenvalue weighted by Gasteiger charge is -2.11. The average molecular weight is 359 g/mol. The van der Waals surface area contributed by atoms with Crippen molar-refractivity contribution in [2.75, 3.05) is 5.32 Å². The van der Waals surface area contributed by atoms with Crippen molar-refractivity contribution < 1.29 is 18.0 Å². The van der Waals surface area contributed by atoms with Crippen LogP contribution in [0.4, 0.5) is 18.9 Å². The molecular formula is C14H10BrF3N2O. The number of carbonyl (C=O) groups excluding carboxylic acids is 1. The van der Waals surface area contributed by atoms with Gasteiger partial charge in [0.1, 0.15) is 0 Å². The number of amides is 1. The molecule has 0 aliphatic carbocycles. The van der Waals surface area contributed by atoms with Gasteiger partial charge in [-0.3, -0.25) is 9.78 Å². The lowest BCUT2D eigenvalue weighted by molar-refractivity contribution is -0.137. The van der Waals surface area contributed by atoms with Crippen LogP contribution in [0.5, 0.6) is 0 Å². The Kier molecular flexibility index (Phi) is 4.32. The number of nitrogens with one attached hydrogen (secondary N) is 1. The van der Waals surface area contributed by atoms with E-state index in [4.69, 9.17) is 0 Å². The molecule has 2 aromatic rings. The number of benzene rings is 1. The molecule has 1 N–H and O–H groups in total. The Morgan fingerprint density at radius 3 is 2.62 bits per heavy atom. The number of carbonyl (C=O) groups is 1. The maximum absolute atomic E-state index is 12.7. The van der Waals surface area contributed by atoms with Gasteiger partial charge in [0, 0.05) is 10.7 Å². The van der Waals surface area contributed by atoms with E-state index >= 15 is 0 Å². The summed E-state index contributed by atoms with van der Waals surface area (Å²) in [5.41, 5.74) is 0.0626. The third-order valence-electron chi connectivity index (χ3n) is 2.79. The minimum atomic E-state index is -4.50. The molecule has 0 saturated heterocycles. The van der Waals surface area contributed by atoms with Gasteiger partial charge in [0.15, 0.2) is 0 Å². The van der Waals surface area contributed by atoms with Crippen LogP contribution in [0.15, 0.2) is 41.0 Å². The third-order valence-corrected chi connectivity index (χ3v) is 3.48. The van der Waals surface area contributed by atoms with Crippen molar-refractivity contribution in [3.05, 3.63) is 57.8 Å². The molecular weight excluding hydrogens is 349 g/mol. The summed E-state index contributed by atoms with van der Waals surface area (Å²) >= 11 is 3.09. The Labute approximate surface area is 127 Å². The molecule has 7 heteroatoms. The first kappa shape index (κ1) is 15.5. The van der Waals surface area contributed by atoms with Crippen molar-refractivity contribution in [2.24, 2.45) is 0 Å². The van der Waals surface area contributed by atoms with Gasteiger partial charge in [-0.25, -0.2) is 0 Å². The summed E-state index contributed by atoms with van der Waals surface area (Å²) in [6, 6.07) is 6.18. The molecule has 1 aromatic carbocycles. The van der Waals surface area contributed by atoms with Crippen LogP contribution in [0.1, 0.15) is 21.6 Å². The van der Waals surface area contributed by atoms with Crippen molar-refractivity contribution >= 4 is 27.5 Å². The number of nitrogens with zero attached hydrogens (tertiary/aromatic N) is 1. The molecule has 0 aliphatic heterocycles. The van der Waals surface area contributed by atoms with Gasteiger partial charge < -0.3 is 5.32 Å². The fourth-order valence-corrected chi connectivity index (χ4v) is 2.11. The lowest BCUT2D eigenvalue weighted by Crippen LogP contribution is -2.15. The van der Waals surface area contributed by atoms with Crippen molar-refractivity contribution in [1.82, 2.24) is 4.98 Å². The van der Waals surface area contributed by atoms with E-state index in [1.807, 2.05) is 0 Å². The molecule has 2 rings (SSSR count). The molecule has 0 aliphatic rings. The van der Waals surface area contributed by atoms with E-state index in [2.05, 4.69) is 26.2 Å². The second-order valence-electron chi connectivity index (χ2n) is 4.28. The fraction of sp³-hybridized carbons (Fsp3) is 0.143. The molecule has 0 saturated carbocycles. The van der Waals surface area contributed by atoms with E-state index in [0.717, 1.165) is 12.1 Å². The molecule has 1 aromatic heterocycles. The van der Waals surface area contributed by atoms with Gasteiger partial charge in [-0.15, -0.1) is 0 Å². The molecule has 0 bridgehead atoms. The maximum Gasteiger partial charge on any atom is 0.416 e. The Balaban J connectivity index is 2.33. The van der Waals surface area contributed by atoms with Crippen molar-refractivity contribution in [3.8, 4) is 0 Å². The Morgan fingerprint density at radius 2 is 2.00 bits per heavy atom. The van der Waals surface area contributed by atoms with Crippen LogP contribution in [-0.2, 0) is 6.18 Å². The summed E-state index contributed by atoms with van der Waals surface area (Å²) in [6.07, 6.45) is -2.94. The van der Waals surface area contributed by atoms with Gasteiger partial charge in [0.2, 0.25) is 0 Å². The van der Waals surface area contributed by atoms with E-state index in [0.29, 0.717) is 11.4 Å². The molecule has 0 radical (unpaired) electrons. The molecule has 0 fully saturated rings. The minimum Gasteiger partial charge on any atom is -0.320 e. The summed E-state index contributed by atoms with van der Waals surface area (Å²) in [4.78, 5) is 16.1. The van der Waals surface area contributed by atoms with E-state index in [-0.39, 0.29) is 10.0 Å². The topological polar surface area (TPSA) is 42.0 Å². The summed E-state index contributed by atoms with van der Waals surface area (Å²) in [5.74, 6) is -0.635. The molecule has 1 amide bonds. The third kappa shape index (κ3) is 3.60. The predicted octanol–water partition coefficient (Wildman–Crippen LogP) is 4.42. The zero-order valence-electron chi connectivity index (χ0n) is 10.8. The van der Waals surface area contributed by atoms with E-state index in [9.17, 15) is 18.0 Å². The molecule has 0 atom stereocenters. The Morgan fingerprint density at radius 1 is 1.29 bits per heavy atom. The van der Waals surface area contributed by atoms with Crippen molar-refractivity contribution in [2.45, 2.75) is 13.1 Å². The van der Waals surface area contributed by atoms with Crippen LogP contribution >= 0.6 is 15.9 Å². The monoisotopic (exact) mass is 358 g/mol. The van der Waals surface area contributed by atoms with Crippen LogP contribution in [0.2, 0.25) is 0 Å². The van der Waals surface area contributed by atoms with Gasteiger partial charge in [0.25, 0.3) is 5.91 Å². The van der Waals surface area contributed by atoms with Crippen LogP contribution in [0.25, 0.3) is 0 Å². The lowest BCUT2D eigenvalue weighted by atomic mass is 10.1. The quantitative estimate of drug-likeness (QED) is 0.862. The first-order valence-corrected chi connectivity index (χ1v) is 6.68. The summed E-state index contributed by atoms with van der Waals surface area (Å²) in [5, 5.41) is 2.55. The summed E-state index contributed by atoms with van der Waals surface area (Å²) in [6.45, 7) is 1.69. The molecule has 0 unspecified atom stereocenters. The van der Waals surface area contributed by atoms with Gasteiger partial charge in [-0.2, -0.15) is 13.2 Å². The highest BCUT2D eigenvalue weighted by Crippen LogP contribution is 2.32. The van der Waals surface area contributed by atoms with Gasteiger partial charge >= 0.3 is 6.18 Å². The minimum absolute atomic E-state index is 0.0897. The van der Waals surface area contributed by atoms with Crippen LogP contribution in [-0.4, -0.2) is 10.9 Å². The van der Waals surface area contributed by atoms with E-state index in [1.54, 1.807) is 25.3 Å². The van der Waals surface area contributed by atoms with Crippen LogP contribution in [0.3, 0.4) is 0 Å². The molecule has 1 heterocycles. The number of aromatic nitrogens is 1.